The summed E-state index contributed by atoms with van der Waals surface area (Å²) in [6, 6.07) is 5.59. The van der Waals surface area contributed by atoms with Gasteiger partial charge in [-0.1, -0.05) is 11.2 Å². The second-order valence-corrected chi connectivity index (χ2v) is 11.0. The summed E-state index contributed by atoms with van der Waals surface area (Å²) in [5.41, 5.74) is 2.53. The molecule has 184 valence electrons. The second kappa shape index (κ2) is 10.2. The van der Waals surface area contributed by atoms with E-state index < -0.39 is 9.84 Å². The largest absolute Gasteiger partial charge is 0.493 e. The fraction of sp³-hybridized carbons (Fsp3) is 0.500. The summed E-state index contributed by atoms with van der Waals surface area (Å²) in [5, 5.41) is 3.94. The number of methoxy groups -OCH3 is 1. The van der Waals surface area contributed by atoms with Gasteiger partial charge in [-0.3, -0.25) is 9.69 Å². The molecule has 2 saturated heterocycles. The molecule has 0 bridgehead atoms. The Labute approximate surface area is 200 Å². The van der Waals surface area contributed by atoms with E-state index in [2.05, 4.69) is 10.1 Å². The molecule has 1 amide bonds. The van der Waals surface area contributed by atoms with Crippen molar-refractivity contribution in [2.24, 2.45) is 0 Å². The highest BCUT2D eigenvalue weighted by Crippen LogP contribution is 2.30. The number of aromatic nitrogens is 1. The molecule has 2 aliphatic heterocycles. The molecule has 0 spiro atoms. The number of ether oxygens (including phenoxy) is 2. The molecule has 0 radical (unpaired) electrons. The molecule has 9 nitrogen and oxygen atoms in total. The summed E-state index contributed by atoms with van der Waals surface area (Å²) in [5.74, 6) is 2.34. The summed E-state index contributed by atoms with van der Waals surface area (Å²) in [4.78, 5) is 16.7. The monoisotopic (exact) mass is 489 g/mol. The van der Waals surface area contributed by atoms with Crippen LogP contribution in [0.25, 0.3) is 6.08 Å². The minimum Gasteiger partial charge on any atom is -0.493 e. The van der Waals surface area contributed by atoms with Crippen LogP contribution in [-0.4, -0.2) is 80.1 Å². The number of amides is 1. The van der Waals surface area contributed by atoms with Crippen molar-refractivity contribution in [2.45, 2.75) is 32.9 Å². The number of nitrogens with zero attached hydrogens (tertiary/aromatic N) is 3. The van der Waals surface area contributed by atoms with Crippen LogP contribution >= 0.6 is 0 Å². The number of aryl methyl sites for hydroxylation is 2. The lowest BCUT2D eigenvalue weighted by Gasteiger charge is -2.37. The molecular weight excluding hydrogens is 458 g/mol. The number of hydrogen-bond acceptors (Lipinski definition) is 8. The van der Waals surface area contributed by atoms with E-state index in [4.69, 9.17) is 14.0 Å². The molecule has 1 atom stereocenters. The van der Waals surface area contributed by atoms with Gasteiger partial charge >= 0.3 is 0 Å². The zero-order valence-electron chi connectivity index (χ0n) is 19.8. The van der Waals surface area contributed by atoms with Crippen LogP contribution in [0.15, 0.2) is 28.8 Å². The normalized spacial score (nSPS) is 20.7. The highest BCUT2D eigenvalue weighted by atomic mass is 32.2. The number of rotatable bonds is 7. The predicted octanol–water partition coefficient (Wildman–Crippen LogP) is 2.22. The van der Waals surface area contributed by atoms with Crippen LogP contribution in [0.1, 0.15) is 29.0 Å². The van der Waals surface area contributed by atoms with Crippen molar-refractivity contribution in [1.82, 2.24) is 15.0 Å². The maximum absolute atomic E-state index is 12.7. The molecule has 0 saturated carbocycles. The summed E-state index contributed by atoms with van der Waals surface area (Å²) < 4.78 is 40.0. The summed E-state index contributed by atoms with van der Waals surface area (Å²) in [7, 11) is -1.33. The number of benzene rings is 1. The number of carbonyl (C=O) groups is 1. The van der Waals surface area contributed by atoms with E-state index in [1.165, 1.54) is 0 Å². The third-order valence-corrected chi connectivity index (χ3v) is 8.26. The van der Waals surface area contributed by atoms with E-state index in [1.54, 1.807) is 24.2 Å². The summed E-state index contributed by atoms with van der Waals surface area (Å²) >= 11 is 0. The Morgan fingerprint density at radius 3 is 2.59 bits per heavy atom. The minimum absolute atomic E-state index is 0.0589. The van der Waals surface area contributed by atoms with Crippen LogP contribution in [0.4, 0.5) is 0 Å². The van der Waals surface area contributed by atoms with Crippen LogP contribution < -0.4 is 9.47 Å². The molecule has 34 heavy (non-hydrogen) atoms. The van der Waals surface area contributed by atoms with Crippen molar-refractivity contribution in [3.8, 4) is 11.5 Å². The van der Waals surface area contributed by atoms with Crippen LogP contribution in [0.5, 0.6) is 11.5 Å². The first-order chi connectivity index (χ1) is 16.3. The molecule has 1 aromatic carbocycles. The van der Waals surface area contributed by atoms with Crippen molar-refractivity contribution in [2.75, 3.05) is 44.8 Å². The molecule has 2 aromatic rings. The third kappa shape index (κ3) is 5.61. The van der Waals surface area contributed by atoms with E-state index in [0.29, 0.717) is 50.7 Å². The van der Waals surface area contributed by atoms with Crippen molar-refractivity contribution < 1.29 is 27.2 Å². The van der Waals surface area contributed by atoms with Gasteiger partial charge in [0.05, 0.1) is 29.9 Å². The van der Waals surface area contributed by atoms with Gasteiger partial charge in [-0.05, 0) is 44.0 Å². The van der Waals surface area contributed by atoms with Gasteiger partial charge in [0.15, 0.2) is 21.3 Å². The first-order valence-electron chi connectivity index (χ1n) is 11.4. The number of hydrogen-bond donors (Lipinski definition) is 0. The minimum atomic E-state index is -2.90. The molecule has 10 heteroatoms. The van der Waals surface area contributed by atoms with Gasteiger partial charge in [0.1, 0.15) is 12.4 Å². The topological polar surface area (TPSA) is 102 Å². The Balaban J connectivity index is 1.32. The van der Waals surface area contributed by atoms with Crippen molar-refractivity contribution in [3.05, 3.63) is 46.9 Å². The lowest BCUT2D eigenvalue weighted by molar-refractivity contribution is -0.127. The molecule has 1 aromatic heterocycles. The Morgan fingerprint density at radius 1 is 1.21 bits per heavy atom. The average Bonchev–Trinajstić information content (AvgIpc) is 3.36. The van der Waals surface area contributed by atoms with Crippen LogP contribution in [0.3, 0.4) is 0 Å². The van der Waals surface area contributed by atoms with Gasteiger partial charge in [-0.15, -0.1) is 0 Å². The zero-order chi connectivity index (χ0) is 24.3. The highest BCUT2D eigenvalue weighted by Gasteiger charge is 2.34. The van der Waals surface area contributed by atoms with E-state index in [9.17, 15) is 13.2 Å². The maximum atomic E-state index is 12.7. The lowest BCUT2D eigenvalue weighted by Crippen LogP contribution is -2.52. The molecule has 1 unspecified atom stereocenters. The second-order valence-electron chi connectivity index (χ2n) is 8.75. The van der Waals surface area contributed by atoms with Crippen LogP contribution in [0, 0.1) is 13.8 Å². The standard InChI is InChI=1S/C24H31N3O6S/c1-17-21(18(2)33-25-17)15-32-22-6-4-19(14-23(22)31-3)5-7-24(28)27-11-9-26(10-12-27)20-8-13-34(29,30)16-20/h4-7,14,20H,8-13,15-16H2,1-3H3/b7-5+. The Hall–Kier alpha value is -2.85. The number of piperazine rings is 1. The van der Waals surface area contributed by atoms with Gasteiger partial charge in [-0.2, -0.15) is 0 Å². The maximum Gasteiger partial charge on any atom is 0.246 e. The van der Waals surface area contributed by atoms with Crippen LogP contribution in [0.2, 0.25) is 0 Å². The molecule has 3 heterocycles. The third-order valence-electron chi connectivity index (χ3n) is 6.51. The van der Waals surface area contributed by atoms with Crippen LogP contribution in [-0.2, 0) is 21.2 Å². The zero-order valence-corrected chi connectivity index (χ0v) is 20.6. The Bertz CT molecular complexity index is 1150. The van der Waals surface area contributed by atoms with Crippen molar-refractivity contribution >= 4 is 21.8 Å². The molecule has 0 N–H and O–H groups in total. The lowest BCUT2D eigenvalue weighted by atomic mass is 10.1. The molecule has 2 aliphatic rings. The first kappa shape index (κ1) is 24.3. The summed E-state index contributed by atoms with van der Waals surface area (Å²) in [6.07, 6.45) is 4.02. The smallest absolute Gasteiger partial charge is 0.246 e. The fourth-order valence-electron chi connectivity index (χ4n) is 4.41. The Kier molecular flexibility index (Phi) is 7.27. The van der Waals surface area contributed by atoms with E-state index in [-0.39, 0.29) is 23.5 Å². The molecule has 2 fully saturated rings. The van der Waals surface area contributed by atoms with E-state index in [1.807, 2.05) is 32.0 Å². The average molecular weight is 490 g/mol. The van der Waals surface area contributed by atoms with Crippen molar-refractivity contribution in [3.63, 3.8) is 0 Å². The molecule has 0 aliphatic carbocycles. The van der Waals surface area contributed by atoms with Crippen molar-refractivity contribution in [1.29, 1.82) is 0 Å². The van der Waals surface area contributed by atoms with Gasteiger partial charge in [-0.25, -0.2) is 8.42 Å². The summed E-state index contributed by atoms with van der Waals surface area (Å²) in [6.45, 7) is 6.63. The first-order valence-corrected chi connectivity index (χ1v) is 13.2. The van der Waals surface area contributed by atoms with Gasteiger partial charge < -0.3 is 18.9 Å². The van der Waals surface area contributed by atoms with E-state index >= 15 is 0 Å². The molecular formula is C24H31N3O6S. The highest BCUT2D eigenvalue weighted by molar-refractivity contribution is 7.91. The van der Waals surface area contributed by atoms with E-state index in [0.717, 1.165) is 22.6 Å². The van der Waals surface area contributed by atoms with Gasteiger partial charge in [0.2, 0.25) is 5.91 Å². The number of carbonyl (C=O) groups excluding carboxylic acids is 1. The SMILES string of the molecule is COc1cc(/C=C/C(=O)N2CCN(C3CCS(=O)(=O)C3)CC2)ccc1OCc1c(C)noc1C. The quantitative estimate of drug-likeness (QED) is 0.546. The van der Waals surface area contributed by atoms with Gasteiger partial charge in [0, 0.05) is 38.3 Å². The van der Waals surface area contributed by atoms with Gasteiger partial charge in [0.25, 0.3) is 0 Å². The number of sulfone groups is 1. The molecule has 4 rings (SSSR count). The predicted molar refractivity (Wildman–Crippen MR) is 128 cm³/mol. The Morgan fingerprint density at radius 2 is 1.97 bits per heavy atom. The fourth-order valence-corrected chi connectivity index (χ4v) is 6.17.